The molecule has 0 spiro atoms. The number of fused-ring (bicyclic) bond motifs is 7. The molecule has 258 valence electrons. The highest BCUT2D eigenvalue weighted by Crippen LogP contribution is 2.43. The van der Waals surface area contributed by atoms with E-state index >= 15 is 0 Å². The number of hydrogen-bond acceptors (Lipinski definition) is 2. The molecule has 0 amide bonds. The number of nitrogens with zero attached hydrogens (tertiary/aromatic N) is 2. The fourth-order valence-corrected chi connectivity index (χ4v) is 9.53. The summed E-state index contributed by atoms with van der Waals surface area (Å²) in [4.78, 5) is 2.39. The van der Waals surface area contributed by atoms with Crippen LogP contribution >= 0.6 is 11.3 Å². The van der Waals surface area contributed by atoms with Crippen molar-refractivity contribution < 1.29 is 0 Å². The Morgan fingerprint density at radius 1 is 0.345 bits per heavy atom. The molecule has 9 aromatic carbocycles. The van der Waals surface area contributed by atoms with Crippen LogP contribution in [0.4, 0.5) is 17.1 Å². The van der Waals surface area contributed by atoms with Gasteiger partial charge in [-0.25, -0.2) is 0 Å². The standard InChI is InChI=1S/C52H34N2S/c1-2-12-35(13-3-1)36-22-27-39(28-23-36)53(41-31-33-51-46(34-41)45-18-8-11-21-50(45)55-51)40-29-24-38(25-30-40)52-42-15-5-4-14-37(42)26-32-49(52)54-47-19-9-6-16-43(47)44-17-7-10-20-48(44)54/h1-34H. The summed E-state index contributed by atoms with van der Waals surface area (Å²) >= 11 is 1.85. The zero-order valence-corrected chi connectivity index (χ0v) is 30.7. The van der Waals surface area contributed by atoms with Crippen LogP contribution in [0.1, 0.15) is 0 Å². The molecule has 0 atom stereocenters. The predicted octanol–water partition coefficient (Wildman–Crippen LogP) is 15.1. The monoisotopic (exact) mass is 718 g/mol. The third-order valence-corrected chi connectivity index (χ3v) is 12.1. The lowest BCUT2D eigenvalue weighted by Gasteiger charge is -2.26. The van der Waals surface area contributed by atoms with Gasteiger partial charge in [0.25, 0.3) is 0 Å². The molecule has 0 aliphatic heterocycles. The molecule has 0 aliphatic rings. The second-order valence-corrected chi connectivity index (χ2v) is 15.2. The summed E-state index contributed by atoms with van der Waals surface area (Å²) < 4.78 is 5.06. The molecule has 0 saturated carbocycles. The molecule has 11 rings (SSSR count). The molecule has 2 heterocycles. The van der Waals surface area contributed by atoms with Gasteiger partial charge in [-0.1, -0.05) is 140 Å². The van der Waals surface area contributed by atoms with Gasteiger partial charge in [-0.05, 0) is 94.2 Å². The minimum Gasteiger partial charge on any atom is -0.310 e. The van der Waals surface area contributed by atoms with Gasteiger partial charge in [0.05, 0.1) is 16.7 Å². The van der Waals surface area contributed by atoms with Crippen LogP contribution in [0.25, 0.3) is 80.7 Å². The van der Waals surface area contributed by atoms with Crippen molar-refractivity contribution in [3.8, 4) is 27.9 Å². The molecule has 0 saturated heterocycles. The molecule has 3 heteroatoms. The Kier molecular flexibility index (Phi) is 7.39. The highest BCUT2D eigenvalue weighted by atomic mass is 32.1. The zero-order chi connectivity index (χ0) is 36.3. The molecule has 0 unspecified atom stereocenters. The number of anilines is 3. The molecule has 0 bridgehead atoms. The minimum atomic E-state index is 1.11. The maximum absolute atomic E-state index is 2.45. The van der Waals surface area contributed by atoms with Gasteiger partial charge in [-0.15, -0.1) is 11.3 Å². The van der Waals surface area contributed by atoms with Crippen molar-refractivity contribution in [2.75, 3.05) is 4.90 Å². The van der Waals surface area contributed by atoms with Crippen molar-refractivity contribution in [2.24, 2.45) is 0 Å². The van der Waals surface area contributed by atoms with Gasteiger partial charge < -0.3 is 9.47 Å². The molecular formula is C52H34N2S. The van der Waals surface area contributed by atoms with Gasteiger partial charge >= 0.3 is 0 Å². The highest BCUT2D eigenvalue weighted by Gasteiger charge is 2.19. The quantitative estimate of drug-likeness (QED) is 0.166. The van der Waals surface area contributed by atoms with E-state index in [0.717, 1.165) is 17.1 Å². The third kappa shape index (κ3) is 5.24. The van der Waals surface area contributed by atoms with E-state index in [1.165, 1.54) is 80.7 Å². The molecule has 0 fully saturated rings. The van der Waals surface area contributed by atoms with Crippen molar-refractivity contribution in [3.63, 3.8) is 0 Å². The highest BCUT2D eigenvalue weighted by molar-refractivity contribution is 7.25. The zero-order valence-electron chi connectivity index (χ0n) is 29.9. The van der Waals surface area contributed by atoms with Crippen LogP contribution in [0.3, 0.4) is 0 Å². The molecule has 55 heavy (non-hydrogen) atoms. The number of benzene rings is 9. The van der Waals surface area contributed by atoms with Crippen LogP contribution in [-0.2, 0) is 0 Å². The van der Waals surface area contributed by atoms with Crippen molar-refractivity contribution in [1.82, 2.24) is 4.57 Å². The number of para-hydroxylation sites is 2. The summed E-state index contributed by atoms with van der Waals surface area (Å²) in [5, 5.41) is 7.56. The Morgan fingerprint density at radius 2 is 0.873 bits per heavy atom. The lowest BCUT2D eigenvalue weighted by Crippen LogP contribution is -2.09. The number of thiophene rings is 1. The van der Waals surface area contributed by atoms with E-state index in [-0.39, 0.29) is 0 Å². The van der Waals surface area contributed by atoms with E-state index < -0.39 is 0 Å². The SMILES string of the molecule is c1ccc(-c2ccc(N(c3ccc(-c4c(-n5c6ccccc6c6ccccc65)ccc5ccccc45)cc3)c3ccc4sc5ccccc5c4c3)cc2)cc1. The first-order valence-electron chi connectivity index (χ1n) is 18.8. The van der Waals surface area contributed by atoms with Gasteiger partial charge in [0, 0.05) is 53.6 Å². The largest absolute Gasteiger partial charge is 0.310 e. The Labute approximate surface area is 323 Å². The average molecular weight is 719 g/mol. The van der Waals surface area contributed by atoms with Gasteiger partial charge in [0.1, 0.15) is 0 Å². The van der Waals surface area contributed by atoms with Crippen LogP contribution in [-0.4, -0.2) is 4.57 Å². The summed E-state index contributed by atoms with van der Waals surface area (Å²) in [7, 11) is 0. The van der Waals surface area contributed by atoms with Crippen molar-refractivity contribution in [3.05, 3.63) is 206 Å². The fraction of sp³-hybridized carbons (Fsp3) is 0. The van der Waals surface area contributed by atoms with Gasteiger partial charge in [0.15, 0.2) is 0 Å². The van der Waals surface area contributed by atoms with Crippen molar-refractivity contribution in [2.45, 2.75) is 0 Å². The summed E-state index contributed by atoms with van der Waals surface area (Å²) in [5.74, 6) is 0. The second kappa shape index (κ2) is 12.9. The first-order valence-corrected chi connectivity index (χ1v) is 19.6. The van der Waals surface area contributed by atoms with Gasteiger partial charge in [-0.2, -0.15) is 0 Å². The molecule has 2 aromatic heterocycles. The average Bonchev–Trinajstić information content (AvgIpc) is 3.80. The minimum absolute atomic E-state index is 1.11. The lowest BCUT2D eigenvalue weighted by atomic mass is 9.95. The van der Waals surface area contributed by atoms with Crippen LogP contribution < -0.4 is 4.90 Å². The topological polar surface area (TPSA) is 8.17 Å². The lowest BCUT2D eigenvalue weighted by molar-refractivity contribution is 1.19. The van der Waals surface area contributed by atoms with E-state index in [4.69, 9.17) is 0 Å². The van der Waals surface area contributed by atoms with E-state index in [2.05, 4.69) is 216 Å². The van der Waals surface area contributed by atoms with E-state index in [9.17, 15) is 0 Å². The number of hydrogen-bond donors (Lipinski definition) is 0. The molecule has 0 N–H and O–H groups in total. The smallest absolute Gasteiger partial charge is 0.0547 e. The summed E-state index contributed by atoms with van der Waals surface area (Å²) in [6.45, 7) is 0. The third-order valence-electron chi connectivity index (χ3n) is 11.0. The second-order valence-electron chi connectivity index (χ2n) is 14.1. The first-order chi connectivity index (χ1) is 27.3. The molecule has 2 nitrogen and oxygen atoms in total. The van der Waals surface area contributed by atoms with Crippen LogP contribution in [0, 0.1) is 0 Å². The maximum Gasteiger partial charge on any atom is 0.0547 e. The van der Waals surface area contributed by atoms with Crippen molar-refractivity contribution in [1.29, 1.82) is 0 Å². The maximum atomic E-state index is 2.45. The van der Waals surface area contributed by atoms with E-state index in [0.29, 0.717) is 0 Å². The van der Waals surface area contributed by atoms with E-state index in [1.54, 1.807) is 0 Å². The van der Waals surface area contributed by atoms with E-state index in [1.807, 2.05) is 11.3 Å². The van der Waals surface area contributed by atoms with Crippen LogP contribution in [0.15, 0.2) is 206 Å². The molecular weight excluding hydrogens is 685 g/mol. The fourth-order valence-electron chi connectivity index (χ4n) is 8.44. The number of rotatable bonds is 6. The van der Waals surface area contributed by atoms with Gasteiger partial charge in [-0.3, -0.25) is 0 Å². The summed E-state index contributed by atoms with van der Waals surface area (Å²) in [6.07, 6.45) is 0. The number of aromatic nitrogens is 1. The predicted molar refractivity (Wildman–Crippen MR) is 237 cm³/mol. The summed E-state index contributed by atoms with van der Waals surface area (Å²) in [5.41, 5.74) is 11.8. The van der Waals surface area contributed by atoms with Crippen LogP contribution in [0.5, 0.6) is 0 Å². The first kappa shape index (κ1) is 31.6. The molecule has 0 aliphatic carbocycles. The van der Waals surface area contributed by atoms with Gasteiger partial charge in [0.2, 0.25) is 0 Å². The van der Waals surface area contributed by atoms with Crippen molar-refractivity contribution >= 4 is 81.1 Å². The molecule has 11 aromatic rings. The van der Waals surface area contributed by atoms with Crippen LogP contribution in [0.2, 0.25) is 0 Å². The Balaban J connectivity index is 1.09. The Hall–Kier alpha value is -6.94. The Morgan fingerprint density at radius 3 is 1.58 bits per heavy atom. The normalized spacial score (nSPS) is 11.6. The Bertz CT molecular complexity index is 3140. The molecule has 0 radical (unpaired) electrons. The summed E-state index contributed by atoms with van der Waals surface area (Å²) in [6, 6.07) is 75.2.